The van der Waals surface area contributed by atoms with Gasteiger partial charge in [0.05, 0.1) is 22.3 Å². The van der Waals surface area contributed by atoms with E-state index in [2.05, 4.69) is 23.7 Å². The quantitative estimate of drug-likeness (QED) is 0.0711. The number of benzene rings is 6. The molecule has 0 spiro atoms. The van der Waals surface area contributed by atoms with Crippen LogP contribution in [-0.4, -0.2) is 45.7 Å². The molecule has 264 valence electrons. The summed E-state index contributed by atoms with van der Waals surface area (Å²) in [5.74, 6) is 4.92. The maximum atomic E-state index is 13.4. The molecular weight excluding hydrogens is 696 g/mol. The van der Waals surface area contributed by atoms with Crippen LogP contribution in [0.25, 0.3) is 0 Å². The van der Waals surface area contributed by atoms with Gasteiger partial charge in [0, 0.05) is 44.5 Å². The third-order valence-corrected chi connectivity index (χ3v) is 8.19. The first-order valence-electron chi connectivity index (χ1n) is 16.5. The minimum atomic E-state index is -1.55. The summed E-state index contributed by atoms with van der Waals surface area (Å²) in [6.07, 6.45) is 0. The Labute approximate surface area is 314 Å². The summed E-state index contributed by atoms with van der Waals surface area (Å²) in [6, 6.07) is 37.7. The second-order valence-electron chi connectivity index (χ2n) is 11.9. The molecule has 0 aliphatic heterocycles. The van der Waals surface area contributed by atoms with E-state index in [1.165, 1.54) is 36.4 Å². The van der Waals surface area contributed by atoms with Crippen LogP contribution < -0.4 is 0 Å². The van der Waals surface area contributed by atoms with Crippen molar-refractivity contribution in [1.29, 1.82) is 0 Å². The highest BCUT2D eigenvalue weighted by molar-refractivity contribution is 6.15. The van der Waals surface area contributed by atoms with Crippen molar-refractivity contribution in [3.8, 4) is 23.7 Å². The monoisotopic (exact) mass is 722 g/mol. The van der Waals surface area contributed by atoms with E-state index in [0.717, 1.165) is 35.4 Å². The molecule has 0 radical (unpaired) electrons. The van der Waals surface area contributed by atoms with Crippen molar-refractivity contribution in [1.82, 2.24) is 0 Å². The van der Waals surface area contributed by atoms with E-state index in [9.17, 15) is 39.0 Å². The predicted molar refractivity (Wildman–Crippen MR) is 201 cm³/mol. The van der Waals surface area contributed by atoms with Crippen LogP contribution in [0.5, 0.6) is 0 Å². The molecule has 0 bridgehead atoms. The molecule has 0 aliphatic rings. The molecule has 2 N–H and O–H groups in total. The van der Waals surface area contributed by atoms with Gasteiger partial charge in [-0.15, -0.1) is 0 Å². The number of hydrogen-bond acceptors (Lipinski definition) is 7. The number of carboxylic acid groups (broad SMARTS) is 2. The van der Waals surface area contributed by atoms with Crippen molar-refractivity contribution in [3.63, 3.8) is 0 Å². The Morgan fingerprint density at radius 2 is 0.673 bits per heavy atom. The fourth-order valence-corrected chi connectivity index (χ4v) is 5.35. The SMILES string of the molecule is O=C(c1ccc(C#Cc2ccccc2)cc1)c1ccc(C(=O)O)c(C(=O)OC(=O)c2cc(C(=O)c3ccc(C#Cc4ccccc4)cc3)ccc2C(=O)O)c1. The number of esters is 2. The zero-order chi connectivity index (χ0) is 38.9. The van der Waals surface area contributed by atoms with Crippen molar-refractivity contribution in [2.45, 2.75) is 0 Å². The maximum Gasteiger partial charge on any atom is 0.346 e. The topological polar surface area (TPSA) is 152 Å². The number of hydrogen-bond donors (Lipinski definition) is 2. The van der Waals surface area contributed by atoms with Crippen molar-refractivity contribution >= 4 is 35.4 Å². The van der Waals surface area contributed by atoms with Crippen molar-refractivity contribution in [2.24, 2.45) is 0 Å². The van der Waals surface area contributed by atoms with Gasteiger partial charge < -0.3 is 14.9 Å². The van der Waals surface area contributed by atoms with Gasteiger partial charge in [-0.1, -0.05) is 72.2 Å². The Bertz CT molecular complexity index is 2430. The van der Waals surface area contributed by atoms with Gasteiger partial charge in [0.15, 0.2) is 11.6 Å². The smallest absolute Gasteiger partial charge is 0.346 e. The Morgan fingerprint density at radius 1 is 0.364 bits per heavy atom. The average molecular weight is 723 g/mol. The Balaban J connectivity index is 1.22. The molecule has 0 heterocycles. The van der Waals surface area contributed by atoms with Crippen LogP contribution in [-0.2, 0) is 4.74 Å². The predicted octanol–water partition coefficient (Wildman–Crippen LogP) is 7.34. The molecule has 0 atom stereocenters. The van der Waals surface area contributed by atoms with E-state index in [0.29, 0.717) is 11.1 Å². The summed E-state index contributed by atoms with van der Waals surface area (Å²) >= 11 is 0. The summed E-state index contributed by atoms with van der Waals surface area (Å²) < 4.78 is 4.99. The zero-order valence-electron chi connectivity index (χ0n) is 28.6. The van der Waals surface area contributed by atoms with Crippen molar-refractivity contribution < 1.29 is 43.7 Å². The van der Waals surface area contributed by atoms with Gasteiger partial charge in [-0.2, -0.15) is 0 Å². The number of carboxylic acids is 2. The van der Waals surface area contributed by atoms with E-state index >= 15 is 0 Å². The van der Waals surface area contributed by atoms with Gasteiger partial charge in [-0.25, -0.2) is 19.2 Å². The fraction of sp³-hybridized carbons (Fsp3) is 0. The third-order valence-electron chi connectivity index (χ3n) is 8.19. The lowest BCUT2D eigenvalue weighted by Gasteiger charge is -2.11. The van der Waals surface area contributed by atoms with Crippen LogP contribution >= 0.6 is 0 Å². The van der Waals surface area contributed by atoms with Crippen LogP contribution in [0.2, 0.25) is 0 Å². The first-order chi connectivity index (χ1) is 26.6. The summed E-state index contributed by atoms with van der Waals surface area (Å²) in [7, 11) is 0. The second-order valence-corrected chi connectivity index (χ2v) is 11.9. The number of carbonyl (C=O) groups excluding carboxylic acids is 4. The molecule has 9 heteroatoms. The first-order valence-corrected chi connectivity index (χ1v) is 16.5. The highest BCUT2D eigenvalue weighted by Gasteiger charge is 2.27. The molecule has 55 heavy (non-hydrogen) atoms. The Hall–Kier alpha value is -8.14. The second kappa shape index (κ2) is 16.5. The highest BCUT2D eigenvalue weighted by Crippen LogP contribution is 2.21. The molecule has 6 aromatic rings. The molecule has 0 amide bonds. The van der Waals surface area contributed by atoms with Gasteiger partial charge in [0.2, 0.25) is 0 Å². The normalized spacial score (nSPS) is 10.1. The molecule has 0 aromatic heterocycles. The van der Waals surface area contributed by atoms with E-state index in [1.807, 2.05) is 60.7 Å². The Morgan fingerprint density at radius 3 is 1.00 bits per heavy atom. The summed E-state index contributed by atoms with van der Waals surface area (Å²) in [5.41, 5.74) is 0.770. The molecule has 0 saturated heterocycles. The van der Waals surface area contributed by atoms with Crippen LogP contribution in [0.15, 0.2) is 146 Å². The zero-order valence-corrected chi connectivity index (χ0v) is 28.6. The first kappa shape index (κ1) is 36.6. The van der Waals surface area contributed by atoms with Crippen LogP contribution in [0.4, 0.5) is 0 Å². The van der Waals surface area contributed by atoms with E-state index < -0.39 is 57.7 Å². The molecule has 6 aromatic carbocycles. The summed E-state index contributed by atoms with van der Waals surface area (Å²) in [6.45, 7) is 0. The molecule has 6 rings (SSSR count). The summed E-state index contributed by atoms with van der Waals surface area (Å²) in [5, 5.41) is 19.6. The van der Waals surface area contributed by atoms with Gasteiger partial charge in [-0.05, 0) is 97.1 Å². The standard InChI is InChI=1S/C46H26O9/c47-41(33-19-15-31(16-20-33)13-11-29-7-3-1-4-8-29)35-23-25-37(43(49)50)39(27-35)45(53)55-46(54)40-28-36(24-26-38(40)44(51)52)42(48)34-21-17-32(18-22-34)14-12-30-9-5-2-6-10-30/h1-10,15-28H,(H,49,50)(H,51,52). The minimum Gasteiger partial charge on any atom is -0.478 e. The van der Waals surface area contributed by atoms with Gasteiger partial charge in [0.1, 0.15) is 0 Å². The largest absolute Gasteiger partial charge is 0.478 e. The third kappa shape index (κ3) is 8.85. The minimum absolute atomic E-state index is 0.0802. The van der Waals surface area contributed by atoms with Crippen LogP contribution in [0.1, 0.15) is 95.5 Å². The fourth-order valence-electron chi connectivity index (χ4n) is 5.35. The lowest BCUT2D eigenvalue weighted by Crippen LogP contribution is -2.20. The van der Waals surface area contributed by atoms with Crippen LogP contribution in [0, 0.1) is 23.7 Å². The van der Waals surface area contributed by atoms with Crippen molar-refractivity contribution in [3.05, 3.63) is 212 Å². The number of carbonyl (C=O) groups is 6. The van der Waals surface area contributed by atoms with E-state index in [1.54, 1.807) is 24.3 Å². The lowest BCUT2D eigenvalue weighted by molar-refractivity contribution is 0.0386. The average Bonchev–Trinajstić information content (AvgIpc) is 3.22. The number of aromatic carboxylic acids is 2. The molecule has 0 aliphatic carbocycles. The van der Waals surface area contributed by atoms with E-state index in [4.69, 9.17) is 4.74 Å². The van der Waals surface area contributed by atoms with E-state index in [-0.39, 0.29) is 22.3 Å². The Kier molecular flexibility index (Phi) is 11.0. The number of rotatable bonds is 8. The number of ketones is 2. The number of ether oxygens (including phenoxy) is 1. The molecular formula is C46H26O9. The molecule has 0 saturated carbocycles. The molecule has 0 unspecified atom stereocenters. The maximum absolute atomic E-state index is 13.4. The van der Waals surface area contributed by atoms with Gasteiger partial charge in [0.25, 0.3) is 0 Å². The molecule has 0 fully saturated rings. The summed E-state index contributed by atoms with van der Waals surface area (Å²) in [4.78, 5) is 77.5. The molecule has 9 nitrogen and oxygen atoms in total. The lowest BCUT2D eigenvalue weighted by atomic mass is 9.97. The van der Waals surface area contributed by atoms with Crippen LogP contribution in [0.3, 0.4) is 0 Å². The highest BCUT2D eigenvalue weighted by atomic mass is 16.6. The van der Waals surface area contributed by atoms with Gasteiger partial charge >= 0.3 is 23.9 Å². The van der Waals surface area contributed by atoms with Crippen molar-refractivity contribution in [2.75, 3.05) is 0 Å². The van der Waals surface area contributed by atoms with Gasteiger partial charge in [-0.3, -0.25) is 9.59 Å².